The van der Waals surface area contributed by atoms with Crippen molar-refractivity contribution in [2.45, 2.75) is 39.5 Å². The second-order valence-corrected chi connectivity index (χ2v) is 6.04. The van der Waals surface area contributed by atoms with Gasteiger partial charge < -0.3 is 4.74 Å². The molecule has 0 aromatic heterocycles. The van der Waals surface area contributed by atoms with Crippen molar-refractivity contribution in [1.82, 2.24) is 0 Å². The van der Waals surface area contributed by atoms with Crippen molar-refractivity contribution in [3.05, 3.63) is 70.8 Å². The summed E-state index contributed by atoms with van der Waals surface area (Å²) in [4.78, 5) is 0. The molecule has 0 fully saturated rings. The average molecular weight is 292 g/mol. The summed E-state index contributed by atoms with van der Waals surface area (Å²) >= 11 is 0. The van der Waals surface area contributed by atoms with Crippen LogP contribution >= 0.6 is 0 Å². The van der Waals surface area contributed by atoms with Gasteiger partial charge in [0.05, 0.1) is 6.61 Å². The van der Waals surface area contributed by atoms with Gasteiger partial charge in [0.1, 0.15) is 5.75 Å². The van der Waals surface area contributed by atoms with Crippen LogP contribution in [0.2, 0.25) is 0 Å². The topological polar surface area (TPSA) is 9.23 Å². The maximum Gasteiger partial charge on any atom is 0.119 e. The van der Waals surface area contributed by atoms with Crippen LogP contribution in [0, 0.1) is 6.92 Å². The SMILES string of the molecule is CCCCOc1ccc2c(c1)CCC=C2c1ccc(C)cc1. The number of aryl methyl sites for hydroxylation is 2. The molecule has 114 valence electrons. The number of benzene rings is 2. The van der Waals surface area contributed by atoms with Crippen molar-refractivity contribution in [1.29, 1.82) is 0 Å². The van der Waals surface area contributed by atoms with E-state index in [1.165, 1.54) is 34.2 Å². The molecule has 0 radical (unpaired) electrons. The molecule has 0 unspecified atom stereocenters. The second-order valence-electron chi connectivity index (χ2n) is 6.04. The zero-order chi connectivity index (χ0) is 15.4. The normalized spacial score (nSPS) is 13.5. The fourth-order valence-electron chi connectivity index (χ4n) is 2.95. The molecule has 0 spiro atoms. The summed E-state index contributed by atoms with van der Waals surface area (Å²) in [5, 5.41) is 0. The first kappa shape index (κ1) is 14.9. The maximum absolute atomic E-state index is 5.85. The molecule has 1 aliphatic carbocycles. The van der Waals surface area contributed by atoms with Crippen molar-refractivity contribution >= 4 is 5.57 Å². The zero-order valence-electron chi connectivity index (χ0n) is 13.6. The van der Waals surface area contributed by atoms with Crippen LogP contribution in [-0.4, -0.2) is 6.61 Å². The lowest BCUT2D eigenvalue weighted by atomic mass is 9.86. The lowest BCUT2D eigenvalue weighted by molar-refractivity contribution is 0.309. The van der Waals surface area contributed by atoms with Crippen LogP contribution < -0.4 is 4.74 Å². The molecule has 3 rings (SSSR count). The van der Waals surface area contributed by atoms with Gasteiger partial charge in [0, 0.05) is 0 Å². The highest BCUT2D eigenvalue weighted by atomic mass is 16.5. The standard InChI is InChI=1S/C21H24O/c1-3-4-14-22-19-12-13-21-18(15-19)6-5-7-20(21)17-10-8-16(2)9-11-17/h7-13,15H,3-6,14H2,1-2H3. The van der Waals surface area contributed by atoms with E-state index in [0.29, 0.717) is 0 Å². The zero-order valence-corrected chi connectivity index (χ0v) is 13.6. The summed E-state index contributed by atoms with van der Waals surface area (Å²) in [5.41, 5.74) is 6.75. The lowest BCUT2D eigenvalue weighted by Gasteiger charge is -2.19. The van der Waals surface area contributed by atoms with Gasteiger partial charge in [0.2, 0.25) is 0 Å². The Morgan fingerprint density at radius 3 is 2.64 bits per heavy atom. The molecule has 0 N–H and O–H groups in total. The van der Waals surface area contributed by atoms with Crippen LogP contribution in [0.1, 0.15) is 48.4 Å². The van der Waals surface area contributed by atoms with Crippen LogP contribution in [0.15, 0.2) is 48.5 Å². The highest BCUT2D eigenvalue weighted by Crippen LogP contribution is 2.33. The number of fused-ring (bicyclic) bond motifs is 1. The van der Waals surface area contributed by atoms with Crippen molar-refractivity contribution in [2.75, 3.05) is 6.61 Å². The van der Waals surface area contributed by atoms with Gasteiger partial charge >= 0.3 is 0 Å². The van der Waals surface area contributed by atoms with Gasteiger partial charge in [0.25, 0.3) is 0 Å². The summed E-state index contributed by atoms with van der Waals surface area (Å²) in [7, 11) is 0. The highest BCUT2D eigenvalue weighted by Gasteiger charge is 2.14. The monoisotopic (exact) mass is 292 g/mol. The van der Waals surface area contributed by atoms with E-state index in [4.69, 9.17) is 4.74 Å². The summed E-state index contributed by atoms with van der Waals surface area (Å²) in [6.45, 7) is 5.14. The molecular weight excluding hydrogens is 268 g/mol. The molecule has 0 bridgehead atoms. The fourth-order valence-corrected chi connectivity index (χ4v) is 2.95. The highest BCUT2D eigenvalue weighted by molar-refractivity contribution is 5.82. The number of hydrogen-bond acceptors (Lipinski definition) is 1. The Bertz CT molecular complexity index is 665. The third-order valence-corrected chi connectivity index (χ3v) is 4.26. The van der Waals surface area contributed by atoms with Crippen molar-refractivity contribution in [3.63, 3.8) is 0 Å². The number of rotatable bonds is 5. The smallest absolute Gasteiger partial charge is 0.119 e. The van der Waals surface area contributed by atoms with Crippen molar-refractivity contribution < 1.29 is 4.74 Å². The predicted molar refractivity (Wildman–Crippen MR) is 93.4 cm³/mol. The van der Waals surface area contributed by atoms with Crippen LogP contribution in [0.5, 0.6) is 5.75 Å². The fraction of sp³-hybridized carbons (Fsp3) is 0.333. The van der Waals surface area contributed by atoms with Crippen LogP contribution in [0.3, 0.4) is 0 Å². The second kappa shape index (κ2) is 6.83. The summed E-state index contributed by atoms with van der Waals surface area (Å²) < 4.78 is 5.85. The molecule has 0 atom stereocenters. The van der Waals surface area contributed by atoms with Gasteiger partial charge in [-0.3, -0.25) is 0 Å². The molecule has 1 aliphatic rings. The number of allylic oxidation sites excluding steroid dienone is 1. The number of hydrogen-bond donors (Lipinski definition) is 0. The first-order valence-electron chi connectivity index (χ1n) is 8.31. The Morgan fingerprint density at radius 2 is 1.86 bits per heavy atom. The van der Waals surface area contributed by atoms with E-state index >= 15 is 0 Å². The average Bonchev–Trinajstić information content (AvgIpc) is 2.55. The minimum Gasteiger partial charge on any atom is -0.494 e. The van der Waals surface area contributed by atoms with E-state index in [0.717, 1.165) is 31.6 Å². The quantitative estimate of drug-likeness (QED) is 0.656. The molecule has 0 saturated carbocycles. The van der Waals surface area contributed by atoms with Crippen molar-refractivity contribution in [3.8, 4) is 5.75 Å². The Hall–Kier alpha value is -2.02. The number of ether oxygens (including phenoxy) is 1. The van der Waals surface area contributed by atoms with Gasteiger partial charge in [-0.15, -0.1) is 0 Å². The minimum absolute atomic E-state index is 0.815. The third-order valence-electron chi connectivity index (χ3n) is 4.26. The van der Waals surface area contributed by atoms with E-state index in [9.17, 15) is 0 Å². The first-order valence-corrected chi connectivity index (χ1v) is 8.31. The van der Waals surface area contributed by atoms with E-state index in [-0.39, 0.29) is 0 Å². The molecule has 0 amide bonds. The molecular formula is C21H24O. The summed E-state index contributed by atoms with van der Waals surface area (Å²) in [6, 6.07) is 15.4. The Labute approximate surface area is 133 Å². The van der Waals surface area contributed by atoms with Gasteiger partial charge in [-0.05, 0) is 60.6 Å². The molecule has 1 nitrogen and oxygen atoms in total. The molecule has 2 aromatic rings. The van der Waals surface area contributed by atoms with Crippen LogP contribution in [0.25, 0.3) is 5.57 Å². The molecule has 2 aromatic carbocycles. The maximum atomic E-state index is 5.85. The lowest BCUT2D eigenvalue weighted by Crippen LogP contribution is -2.03. The largest absolute Gasteiger partial charge is 0.494 e. The van der Waals surface area contributed by atoms with Gasteiger partial charge in [-0.1, -0.05) is 55.3 Å². The molecule has 0 aliphatic heterocycles. The molecule has 0 saturated heterocycles. The first-order chi connectivity index (χ1) is 10.8. The summed E-state index contributed by atoms with van der Waals surface area (Å²) in [5.74, 6) is 1.01. The van der Waals surface area contributed by atoms with E-state index in [1.807, 2.05) is 0 Å². The van der Waals surface area contributed by atoms with Crippen LogP contribution in [-0.2, 0) is 6.42 Å². The van der Waals surface area contributed by atoms with E-state index in [2.05, 4.69) is 62.4 Å². The van der Waals surface area contributed by atoms with E-state index < -0.39 is 0 Å². The van der Waals surface area contributed by atoms with E-state index in [1.54, 1.807) is 0 Å². The van der Waals surface area contributed by atoms with Crippen molar-refractivity contribution in [2.24, 2.45) is 0 Å². The number of unbranched alkanes of at least 4 members (excludes halogenated alkanes) is 1. The molecule has 0 heterocycles. The van der Waals surface area contributed by atoms with Gasteiger partial charge in [-0.2, -0.15) is 0 Å². The summed E-state index contributed by atoms with van der Waals surface area (Å²) in [6.07, 6.45) is 6.87. The Balaban J connectivity index is 1.86. The van der Waals surface area contributed by atoms with Crippen LogP contribution in [0.4, 0.5) is 0 Å². The van der Waals surface area contributed by atoms with Gasteiger partial charge in [0.15, 0.2) is 0 Å². The van der Waals surface area contributed by atoms with Gasteiger partial charge in [-0.25, -0.2) is 0 Å². The third kappa shape index (κ3) is 3.24. The predicted octanol–water partition coefficient (Wildman–Crippen LogP) is 5.55. The molecule has 22 heavy (non-hydrogen) atoms. The molecule has 1 heteroatoms. The Kier molecular flexibility index (Phi) is 4.62. The Morgan fingerprint density at radius 1 is 1.05 bits per heavy atom. The minimum atomic E-state index is 0.815.